The summed E-state index contributed by atoms with van der Waals surface area (Å²) >= 11 is 10.6. The van der Waals surface area contributed by atoms with Crippen LogP contribution in [0.4, 0.5) is 5.69 Å². The van der Waals surface area contributed by atoms with Gasteiger partial charge >= 0.3 is 0 Å². The van der Waals surface area contributed by atoms with Crippen LogP contribution in [0.1, 0.15) is 6.92 Å². The van der Waals surface area contributed by atoms with E-state index in [1.165, 1.54) is 16.4 Å². The third kappa shape index (κ3) is 4.98. The van der Waals surface area contributed by atoms with Crippen LogP contribution in [0.25, 0.3) is 11.4 Å². The standard InChI is InChI=1S/C18H17BrClN5O2S/c1-2-27-13-6-3-11(4-7-13)17-23-24-18(25(17)21)28-10-16(26)22-15-8-5-12(19)9-14(15)20/h3-9H,2,10,21H2,1H3,(H,22,26). The van der Waals surface area contributed by atoms with Gasteiger partial charge in [0.05, 0.1) is 23.1 Å². The minimum atomic E-state index is -0.222. The molecule has 28 heavy (non-hydrogen) atoms. The van der Waals surface area contributed by atoms with Crippen LogP contribution in [0.15, 0.2) is 52.1 Å². The average Bonchev–Trinajstić information content (AvgIpc) is 3.04. The Bertz CT molecular complexity index is 981. The van der Waals surface area contributed by atoms with Gasteiger partial charge in [-0.05, 0) is 49.4 Å². The molecule has 10 heteroatoms. The maximum atomic E-state index is 12.2. The van der Waals surface area contributed by atoms with Crippen LogP contribution in [-0.2, 0) is 4.79 Å². The summed E-state index contributed by atoms with van der Waals surface area (Å²) in [6.45, 7) is 2.52. The van der Waals surface area contributed by atoms with Gasteiger partial charge in [0, 0.05) is 10.0 Å². The number of ether oxygens (including phenoxy) is 1. The van der Waals surface area contributed by atoms with Crippen molar-refractivity contribution in [1.82, 2.24) is 14.9 Å². The average molecular weight is 483 g/mol. The van der Waals surface area contributed by atoms with Crippen molar-refractivity contribution in [2.45, 2.75) is 12.1 Å². The van der Waals surface area contributed by atoms with Crippen LogP contribution in [0, 0.1) is 0 Å². The second-order valence-corrected chi connectivity index (χ2v) is 7.86. The summed E-state index contributed by atoms with van der Waals surface area (Å²) in [5.74, 6) is 7.26. The third-order valence-corrected chi connectivity index (χ3v) is 5.37. The molecule has 0 saturated carbocycles. The molecule has 0 aliphatic carbocycles. The van der Waals surface area contributed by atoms with Gasteiger partial charge in [-0.3, -0.25) is 4.79 Å². The number of rotatable bonds is 7. The van der Waals surface area contributed by atoms with Gasteiger partial charge in [-0.25, -0.2) is 4.68 Å². The lowest BCUT2D eigenvalue weighted by Gasteiger charge is -2.08. The molecule has 3 aromatic rings. The van der Waals surface area contributed by atoms with Crippen molar-refractivity contribution < 1.29 is 9.53 Å². The van der Waals surface area contributed by atoms with E-state index in [1.54, 1.807) is 18.2 Å². The molecule has 1 amide bonds. The molecule has 2 aromatic carbocycles. The smallest absolute Gasteiger partial charge is 0.234 e. The van der Waals surface area contributed by atoms with Gasteiger partial charge in [0.25, 0.3) is 0 Å². The summed E-state index contributed by atoms with van der Waals surface area (Å²) in [6.07, 6.45) is 0. The van der Waals surface area contributed by atoms with Gasteiger partial charge < -0.3 is 15.9 Å². The highest BCUT2D eigenvalue weighted by molar-refractivity contribution is 9.10. The molecule has 0 bridgehead atoms. The monoisotopic (exact) mass is 481 g/mol. The minimum absolute atomic E-state index is 0.116. The summed E-state index contributed by atoms with van der Waals surface area (Å²) in [6, 6.07) is 12.6. The molecule has 3 N–H and O–H groups in total. The second kappa shape index (κ2) is 9.31. The van der Waals surface area contributed by atoms with Crippen LogP contribution in [0.5, 0.6) is 5.75 Å². The SMILES string of the molecule is CCOc1ccc(-c2nnc(SCC(=O)Nc3ccc(Br)cc3Cl)n2N)cc1. The molecular weight excluding hydrogens is 466 g/mol. The number of halogens is 2. The van der Waals surface area contributed by atoms with Crippen molar-refractivity contribution >= 4 is 50.9 Å². The van der Waals surface area contributed by atoms with Gasteiger partial charge in [0.15, 0.2) is 5.82 Å². The molecule has 3 rings (SSSR count). The number of nitrogens with zero attached hydrogens (tertiary/aromatic N) is 3. The van der Waals surface area contributed by atoms with Crippen LogP contribution >= 0.6 is 39.3 Å². The number of amides is 1. The van der Waals surface area contributed by atoms with Crippen molar-refractivity contribution in [2.24, 2.45) is 0 Å². The maximum Gasteiger partial charge on any atom is 0.234 e. The highest BCUT2D eigenvalue weighted by atomic mass is 79.9. The number of anilines is 1. The number of nitrogens with two attached hydrogens (primary N) is 1. The predicted molar refractivity (Wildman–Crippen MR) is 115 cm³/mol. The van der Waals surface area contributed by atoms with E-state index in [1.807, 2.05) is 31.2 Å². The summed E-state index contributed by atoms with van der Waals surface area (Å²) < 4.78 is 7.62. The molecule has 0 atom stereocenters. The molecule has 0 saturated heterocycles. The van der Waals surface area contributed by atoms with E-state index >= 15 is 0 Å². The highest BCUT2D eigenvalue weighted by Gasteiger charge is 2.14. The molecule has 0 unspecified atom stereocenters. The highest BCUT2D eigenvalue weighted by Crippen LogP contribution is 2.27. The second-order valence-electron chi connectivity index (χ2n) is 5.59. The first-order valence-electron chi connectivity index (χ1n) is 8.29. The van der Waals surface area contributed by atoms with E-state index in [0.717, 1.165) is 15.8 Å². The van der Waals surface area contributed by atoms with E-state index in [0.29, 0.717) is 28.3 Å². The fourth-order valence-electron chi connectivity index (χ4n) is 2.35. The minimum Gasteiger partial charge on any atom is -0.494 e. The van der Waals surface area contributed by atoms with Gasteiger partial charge in [-0.2, -0.15) is 0 Å². The van der Waals surface area contributed by atoms with Gasteiger partial charge in [-0.15, -0.1) is 10.2 Å². The molecular formula is C18H17BrClN5O2S. The Labute approximate surface area is 179 Å². The molecule has 0 radical (unpaired) electrons. The lowest BCUT2D eigenvalue weighted by Crippen LogP contribution is -2.16. The molecule has 146 valence electrons. The van der Waals surface area contributed by atoms with E-state index in [-0.39, 0.29) is 11.7 Å². The number of benzene rings is 2. The quantitative estimate of drug-likeness (QED) is 0.387. The van der Waals surface area contributed by atoms with Crippen LogP contribution < -0.4 is 15.9 Å². The predicted octanol–water partition coefficient (Wildman–Crippen LogP) is 4.20. The largest absolute Gasteiger partial charge is 0.494 e. The Kier molecular flexibility index (Phi) is 6.82. The number of carbonyl (C=O) groups is 1. The third-order valence-electron chi connectivity index (χ3n) is 3.63. The van der Waals surface area contributed by atoms with Gasteiger partial charge in [0.2, 0.25) is 11.1 Å². The van der Waals surface area contributed by atoms with Gasteiger partial charge in [0.1, 0.15) is 5.75 Å². The van der Waals surface area contributed by atoms with E-state index in [9.17, 15) is 4.79 Å². The lowest BCUT2D eigenvalue weighted by atomic mass is 10.2. The number of nitrogens with one attached hydrogen (secondary N) is 1. The van der Waals surface area contributed by atoms with Crippen LogP contribution in [0.3, 0.4) is 0 Å². The summed E-state index contributed by atoms with van der Waals surface area (Å²) in [7, 11) is 0. The molecule has 0 fully saturated rings. The molecule has 0 aliphatic rings. The van der Waals surface area contributed by atoms with Crippen molar-refractivity contribution in [3.63, 3.8) is 0 Å². The Balaban J connectivity index is 1.63. The number of nitrogen functional groups attached to an aromatic ring is 1. The summed E-state index contributed by atoms with van der Waals surface area (Å²) in [4.78, 5) is 12.2. The van der Waals surface area contributed by atoms with Gasteiger partial charge in [-0.1, -0.05) is 39.3 Å². The zero-order valence-electron chi connectivity index (χ0n) is 14.9. The topological polar surface area (TPSA) is 95.1 Å². The fraction of sp³-hybridized carbons (Fsp3) is 0.167. The fourth-order valence-corrected chi connectivity index (χ4v) is 3.72. The van der Waals surface area contributed by atoms with E-state index < -0.39 is 0 Å². The summed E-state index contributed by atoms with van der Waals surface area (Å²) in [5, 5.41) is 11.8. The number of carbonyl (C=O) groups excluding carboxylic acids is 1. The van der Waals surface area contributed by atoms with Crippen molar-refractivity contribution in [3.05, 3.63) is 52.0 Å². The zero-order valence-corrected chi connectivity index (χ0v) is 18.0. The first-order chi connectivity index (χ1) is 13.5. The Morgan fingerprint density at radius 3 is 2.71 bits per heavy atom. The first kappa shape index (κ1) is 20.5. The molecule has 7 nitrogen and oxygen atoms in total. The Hall–Kier alpha value is -2.23. The molecule has 1 heterocycles. The zero-order chi connectivity index (χ0) is 20.1. The first-order valence-corrected chi connectivity index (χ1v) is 10.4. The Morgan fingerprint density at radius 2 is 2.04 bits per heavy atom. The van der Waals surface area contributed by atoms with Crippen molar-refractivity contribution in [2.75, 3.05) is 23.5 Å². The van der Waals surface area contributed by atoms with Crippen LogP contribution in [0.2, 0.25) is 5.02 Å². The maximum absolute atomic E-state index is 12.2. The molecule has 0 aliphatic heterocycles. The number of aromatic nitrogens is 3. The van der Waals surface area contributed by atoms with Crippen molar-refractivity contribution in [3.8, 4) is 17.1 Å². The lowest BCUT2D eigenvalue weighted by molar-refractivity contribution is -0.113. The van der Waals surface area contributed by atoms with Crippen molar-refractivity contribution in [1.29, 1.82) is 0 Å². The van der Waals surface area contributed by atoms with E-state index in [2.05, 4.69) is 31.4 Å². The number of hydrogen-bond acceptors (Lipinski definition) is 6. The molecule has 0 spiro atoms. The van der Waals surface area contributed by atoms with E-state index in [4.69, 9.17) is 22.2 Å². The number of thioether (sulfide) groups is 1. The van der Waals surface area contributed by atoms with Crippen LogP contribution in [-0.4, -0.2) is 33.1 Å². The number of hydrogen-bond donors (Lipinski definition) is 2. The summed E-state index contributed by atoms with van der Waals surface area (Å²) in [5.41, 5.74) is 1.34. The Morgan fingerprint density at radius 1 is 1.29 bits per heavy atom. The normalized spacial score (nSPS) is 10.7. The molecule has 1 aromatic heterocycles.